The number of anilines is 1. The Kier molecular flexibility index (Phi) is 12.6. The van der Waals surface area contributed by atoms with E-state index in [1.54, 1.807) is 36.4 Å². The van der Waals surface area contributed by atoms with Crippen molar-refractivity contribution in [1.82, 2.24) is 4.90 Å². The van der Waals surface area contributed by atoms with Gasteiger partial charge in [0, 0.05) is 30.8 Å². The first-order valence-corrected chi connectivity index (χ1v) is 17.0. The van der Waals surface area contributed by atoms with E-state index >= 15 is 0 Å². The van der Waals surface area contributed by atoms with E-state index in [-0.39, 0.29) is 11.5 Å². The van der Waals surface area contributed by atoms with Gasteiger partial charge in [-0.25, -0.2) is 12.7 Å². The van der Waals surface area contributed by atoms with Gasteiger partial charge in [0.1, 0.15) is 17.1 Å². The molecule has 0 bridgehead atoms. The third kappa shape index (κ3) is 8.91. The number of ketones is 1. The molecule has 0 atom stereocenters. The van der Waals surface area contributed by atoms with E-state index in [1.807, 2.05) is 0 Å². The molecule has 230 valence electrons. The molecule has 1 amide bonds. The monoisotopic (exact) mass is 598 g/mol. The summed E-state index contributed by atoms with van der Waals surface area (Å²) in [5.41, 5.74) is 1.51. The molecule has 42 heavy (non-hydrogen) atoms. The van der Waals surface area contributed by atoms with Crippen molar-refractivity contribution in [2.24, 2.45) is 0 Å². The van der Waals surface area contributed by atoms with Crippen molar-refractivity contribution in [2.75, 3.05) is 36.8 Å². The second kappa shape index (κ2) is 15.9. The van der Waals surface area contributed by atoms with Crippen molar-refractivity contribution in [2.45, 2.75) is 79.1 Å². The average molecular weight is 599 g/mol. The predicted molar refractivity (Wildman–Crippen MR) is 169 cm³/mol. The molecular formula is C33H46N2O6S. The third-order valence-electron chi connectivity index (χ3n) is 7.24. The molecule has 8 nitrogen and oxygen atoms in total. The fourth-order valence-electron chi connectivity index (χ4n) is 5.06. The molecule has 3 aromatic rings. The number of sulfonamides is 1. The molecule has 0 aliphatic carbocycles. The van der Waals surface area contributed by atoms with Gasteiger partial charge in [-0.2, -0.15) is 0 Å². The summed E-state index contributed by atoms with van der Waals surface area (Å²) in [4.78, 5) is 28.5. The summed E-state index contributed by atoms with van der Waals surface area (Å²) < 4.78 is 37.5. The highest BCUT2D eigenvalue weighted by Crippen LogP contribution is 2.33. The maximum atomic E-state index is 13.8. The van der Waals surface area contributed by atoms with E-state index in [1.165, 1.54) is 38.7 Å². The van der Waals surface area contributed by atoms with Gasteiger partial charge in [0.2, 0.25) is 15.9 Å². The Hall–Kier alpha value is -3.17. The van der Waals surface area contributed by atoms with Gasteiger partial charge in [-0.3, -0.25) is 9.59 Å². The molecule has 0 fully saturated rings. The zero-order valence-electron chi connectivity index (χ0n) is 25.8. The zero-order valence-corrected chi connectivity index (χ0v) is 26.6. The number of unbranched alkanes of at least 4 members (excludes halogenated alkanes) is 3. The summed E-state index contributed by atoms with van der Waals surface area (Å²) in [7, 11) is -3.85. The molecule has 9 heteroatoms. The summed E-state index contributed by atoms with van der Waals surface area (Å²) >= 11 is 0. The van der Waals surface area contributed by atoms with E-state index in [0.29, 0.717) is 46.6 Å². The lowest BCUT2D eigenvalue weighted by molar-refractivity contribution is -0.115. The van der Waals surface area contributed by atoms with Crippen LogP contribution in [0, 0.1) is 0 Å². The van der Waals surface area contributed by atoms with Gasteiger partial charge in [-0.05, 0) is 81.2 Å². The highest BCUT2D eigenvalue weighted by atomic mass is 32.2. The van der Waals surface area contributed by atoms with Crippen molar-refractivity contribution in [3.63, 3.8) is 0 Å². The highest BCUT2D eigenvalue weighted by Gasteiger charge is 2.26. The van der Waals surface area contributed by atoms with Crippen LogP contribution in [0.2, 0.25) is 0 Å². The Morgan fingerprint density at radius 2 is 1.48 bits per heavy atom. The van der Waals surface area contributed by atoms with E-state index < -0.39 is 15.9 Å². The van der Waals surface area contributed by atoms with Gasteiger partial charge in [-0.15, -0.1) is 0 Å². The molecule has 1 aromatic heterocycles. The van der Waals surface area contributed by atoms with Crippen LogP contribution in [-0.2, 0) is 21.2 Å². The number of fused-ring (bicyclic) bond motifs is 1. The van der Waals surface area contributed by atoms with Crippen molar-refractivity contribution < 1.29 is 27.2 Å². The summed E-state index contributed by atoms with van der Waals surface area (Å²) in [5, 5.41) is 0.481. The molecule has 0 aliphatic rings. The fourth-order valence-corrected chi connectivity index (χ4v) is 6.02. The normalized spacial score (nSPS) is 11.8. The lowest BCUT2D eigenvalue weighted by Crippen LogP contribution is -2.34. The number of nitrogens with zero attached hydrogens (tertiary/aromatic N) is 2. The molecular weight excluding hydrogens is 552 g/mol. The Morgan fingerprint density at radius 1 is 0.857 bits per heavy atom. The number of amides is 1. The van der Waals surface area contributed by atoms with Crippen molar-refractivity contribution >= 4 is 38.4 Å². The minimum Gasteiger partial charge on any atom is -0.494 e. The standard InChI is InChI=1S/C33H46N2O6S/c1-6-9-13-31-32(29-24-27(16-19-30(29)41-31)35(25(4)36)42(5,38)39)33(37)26-14-17-28(18-15-26)40-23-12-22-34(20-10-7-2)21-11-8-3/h14-19,24H,6-13,20-23H2,1-5H3. The van der Waals surface area contributed by atoms with Crippen LogP contribution in [0.15, 0.2) is 46.9 Å². The number of hydrogen-bond acceptors (Lipinski definition) is 7. The first kappa shape index (κ1) is 33.3. The number of ether oxygens (including phenoxy) is 1. The number of benzene rings is 2. The quantitative estimate of drug-likeness (QED) is 0.115. The molecule has 0 saturated heterocycles. The van der Waals surface area contributed by atoms with Crippen molar-refractivity contribution in [3.8, 4) is 5.75 Å². The lowest BCUT2D eigenvalue weighted by atomic mass is 9.98. The summed E-state index contributed by atoms with van der Waals surface area (Å²) in [6.45, 7) is 11.5. The smallest absolute Gasteiger partial charge is 0.238 e. The maximum Gasteiger partial charge on any atom is 0.238 e. The number of rotatable bonds is 18. The molecule has 0 saturated carbocycles. The lowest BCUT2D eigenvalue weighted by Gasteiger charge is -2.21. The largest absolute Gasteiger partial charge is 0.494 e. The Balaban J connectivity index is 1.80. The third-order valence-corrected chi connectivity index (χ3v) is 8.37. The summed E-state index contributed by atoms with van der Waals surface area (Å²) in [6.07, 6.45) is 9.03. The van der Waals surface area contributed by atoms with Crippen LogP contribution in [0.3, 0.4) is 0 Å². The first-order valence-electron chi connectivity index (χ1n) is 15.2. The molecule has 0 N–H and O–H groups in total. The van der Waals surface area contributed by atoms with Crippen LogP contribution in [0.1, 0.15) is 94.3 Å². The Bertz CT molecular complexity index is 1420. The van der Waals surface area contributed by atoms with E-state index in [4.69, 9.17) is 9.15 Å². The average Bonchev–Trinajstić information content (AvgIpc) is 3.31. The number of carbonyl (C=O) groups is 2. The van der Waals surface area contributed by atoms with Gasteiger partial charge in [0.05, 0.1) is 24.1 Å². The van der Waals surface area contributed by atoms with Crippen LogP contribution >= 0.6 is 0 Å². The van der Waals surface area contributed by atoms with Crippen LogP contribution in [0.5, 0.6) is 5.75 Å². The number of furan rings is 1. The minimum absolute atomic E-state index is 0.168. The predicted octanol–water partition coefficient (Wildman–Crippen LogP) is 6.99. The second-order valence-corrected chi connectivity index (χ2v) is 12.7. The van der Waals surface area contributed by atoms with Gasteiger partial charge in [0.25, 0.3) is 0 Å². The number of hydrogen-bond donors (Lipinski definition) is 0. The Labute approximate surface area is 251 Å². The minimum atomic E-state index is -3.85. The Morgan fingerprint density at radius 3 is 2.05 bits per heavy atom. The maximum absolute atomic E-state index is 13.8. The molecule has 1 heterocycles. The number of aryl methyl sites for hydroxylation is 1. The van der Waals surface area contributed by atoms with Crippen molar-refractivity contribution in [1.29, 1.82) is 0 Å². The van der Waals surface area contributed by atoms with Gasteiger partial charge in [0.15, 0.2) is 5.78 Å². The first-order chi connectivity index (χ1) is 20.1. The molecule has 3 rings (SSSR count). The second-order valence-electron chi connectivity index (χ2n) is 10.8. The van der Waals surface area contributed by atoms with Gasteiger partial charge >= 0.3 is 0 Å². The van der Waals surface area contributed by atoms with Crippen LogP contribution in [0.25, 0.3) is 11.0 Å². The molecule has 0 aliphatic heterocycles. The van der Waals surface area contributed by atoms with Crippen molar-refractivity contribution in [3.05, 3.63) is 59.4 Å². The van der Waals surface area contributed by atoms with Gasteiger partial charge < -0.3 is 14.1 Å². The summed E-state index contributed by atoms with van der Waals surface area (Å²) in [6, 6.07) is 11.8. The summed E-state index contributed by atoms with van der Waals surface area (Å²) in [5.74, 6) is 0.402. The van der Waals surface area contributed by atoms with E-state index in [0.717, 1.165) is 49.5 Å². The SMILES string of the molecule is CCCCc1oc2ccc(N(C(C)=O)S(C)(=O)=O)cc2c1C(=O)c1ccc(OCCCN(CCCC)CCCC)cc1. The van der Waals surface area contributed by atoms with Gasteiger partial charge in [-0.1, -0.05) is 40.0 Å². The molecule has 0 radical (unpaired) electrons. The van der Waals surface area contributed by atoms with Crippen LogP contribution in [0.4, 0.5) is 5.69 Å². The van der Waals surface area contributed by atoms with E-state index in [2.05, 4.69) is 25.7 Å². The molecule has 0 spiro atoms. The van der Waals surface area contributed by atoms with Crippen LogP contribution < -0.4 is 9.04 Å². The van der Waals surface area contributed by atoms with Crippen LogP contribution in [-0.4, -0.2) is 57.5 Å². The molecule has 0 unspecified atom stereocenters. The number of carbonyl (C=O) groups excluding carboxylic acids is 2. The topological polar surface area (TPSA) is 97.1 Å². The zero-order chi connectivity index (χ0) is 30.7. The van der Waals surface area contributed by atoms with E-state index in [9.17, 15) is 18.0 Å². The fraction of sp³-hybridized carbons (Fsp3) is 0.515. The molecule has 2 aromatic carbocycles. The highest BCUT2D eigenvalue weighted by molar-refractivity contribution is 7.92.